The van der Waals surface area contributed by atoms with Gasteiger partial charge in [-0.2, -0.15) is 0 Å². The van der Waals surface area contributed by atoms with E-state index >= 15 is 0 Å². The predicted octanol–water partition coefficient (Wildman–Crippen LogP) is 3.71. The third-order valence-corrected chi connectivity index (χ3v) is 5.11. The molecule has 1 aromatic rings. The van der Waals surface area contributed by atoms with Crippen molar-refractivity contribution in [3.05, 3.63) is 35.9 Å². The number of nitrogens with zero attached hydrogens (tertiary/aromatic N) is 1. The summed E-state index contributed by atoms with van der Waals surface area (Å²) in [4.78, 5) is 14.4. The van der Waals surface area contributed by atoms with Gasteiger partial charge in [0.05, 0.1) is 0 Å². The summed E-state index contributed by atoms with van der Waals surface area (Å²) >= 11 is 0. The highest BCUT2D eigenvalue weighted by Crippen LogP contribution is 2.30. The molecule has 1 aliphatic carbocycles. The van der Waals surface area contributed by atoms with E-state index in [9.17, 15) is 4.79 Å². The summed E-state index contributed by atoms with van der Waals surface area (Å²) in [6, 6.07) is 10.6. The molecule has 2 unspecified atom stereocenters. The van der Waals surface area contributed by atoms with Crippen LogP contribution in [0, 0.1) is 17.8 Å². The monoisotopic (exact) mass is 344 g/mol. The second-order valence-electron chi connectivity index (χ2n) is 8.70. The van der Waals surface area contributed by atoms with Crippen LogP contribution in [0.3, 0.4) is 0 Å². The number of hydrogen-bond donors (Lipinski definition) is 1. The summed E-state index contributed by atoms with van der Waals surface area (Å²) in [6.45, 7) is 9.49. The van der Waals surface area contributed by atoms with Crippen LogP contribution in [0.4, 0.5) is 4.79 Å². The van der Waals surface area contributed by atoms with Gasteiger partial charge in [-0.1, -0.05) is 30.3 Å². The molecule has 0 radical (unpaired) electrons. The van der Waals surface area contributed by atoms with E-state index in [1.807, 2.05) is 25.7 Å². The number of rotatable bonds is 6. The molecule has 0 spiro atoms. The number of carbonyl (C=O) groups excluding carboxylic acids is 1. The van der Waals surface area contributed by atoms with E-state index in [1.165, 1.54) is 18.4 Å². The second-order valence-corrected chi connectivity index (χ2v) is 8.70. The molecule has 1 saturated carbocycles. The molecule has 0 aromatic heterocycles. The van der Waals surface area contributed by atoms with Crippen molar-refractivity contribution in [3.8, 4) is 0 Å². The highest BCUT2D eigenvalue weighted by Gasteiger charge is 2.37. The normalized spacial score (nSPS) is 23.7. The highest BCUT2D eigenvalue weighted by molar-refractivity contribution is 5.68. The fourth-order valence-corrected chi connectivity index (χ4v) is 3.59. The Hall–Kier alpha value is -1.55. The molecule has 1 heterocycles. The first kappa shape index (κ1) is 18.2. The van der Waals surface area contributed by atoms with Crippen molar-refractivity contribution in [1.29, 1.82) is 0 Å². The Labute approximate surface area is 151 Å². The third kappa shape index (κ3) is 5.74. The Balaban J connectivity index is 1.60. The van der Waals surface area contributed by atoms with E-state index < -0.39 is 5.60 Å². The minimum atomic E-state index is -0.436. The zero-order valence-electron chi connectivity index (χ0n) is 15.8. The summed E-state index contributed by atoms with van der Waals surface area (Å²) in [6.07, 6.45) is 3.59. The standard InChI is InChI=1S/C21H32N2O2/c1-21(2,3)25-20(24)23-14-18(11-16-7-5-4-6-8-16)19(15-23)13-22-12-17-9-10-17/h4-8,17-19,22H,9-15H2,1-3H3. The highest BCUT2D eigenvalue weighted by atomic mass is 16.6. The number of carbonyl (C=O) groups is 1. The molecular weight excluding hydrogens is 312 g/mol. The Morgan fingerprint density at radius 1 is 1.12 bits per heavy atom. The maximum atomic E-state index is 12.5. The van der Waals surface area contributed by atoms with Crippen molar-refractivity contribution in [1.82, 2.24) is 10.2 Å². The fourth-order valence-electron chi connectivity index (χ4n) is 3.59. The second kappa shape index (κ2) is 7.77. The van der Waals surface area contributed by atoms with Gasteiger partial charge in [-0.3, -0.25) is 0 Å². The smallest absolute Gasteiger partial charge is 0.410 e. The average Bonchev–Trinajstić information content (AvgIpc) is 3.28. The van der Waals surface area contributed by atoms with Gasteiger partial charge in [0.15, 0.2) is 0 Å². The van der Waals surface area contributed by atoms with Crippen LogP contribution in [0.1, 0.15) is 39.2 Å². The van der Waals surface area contributed by atoms with Gasteiger partial charge in [-0.15, -0.1) is 0 Å². The lowest BCUT2D eigenvalue weighted by atomic mass is 9.89. The van der Waals surface area contributed by atoms with Gasteiger partial charge < -0.3 is 15.0 Å². The molecule has 1 aliphatic heterocycles. The van der Waals surface area contributed by atoms with Gasteiger partial charge in [0.25, 0.3) is 0 Å². The van der Waals surface area contributed by atoms with Crippen molar-refractivity contribution in [2.45, 2.75) is 45.6 Å². The summed E-state index contributed by atoms with van der Waals surface area (Å²) in [5.41, 5.74) is 0.916. The predicted molar refractivity (Wildman–Crippen MR) is 101 cm³/mol. The maximum absolute atomic E-state index is 12.5. The SMILES string of the molecule is CC(C)(C)OC(=O)N1CC(CNCC2CC2)C(Cc2ccccc2)C1. The molecular formula is C21H32N2O2. The first-order valence-electron chi connectivity index (χ1n) is 9.63. The number of hydrogen-bond acceptors (Lipinski definition) is 3. The van der Waals surface area contributed by atoms with Gasteiger partial charge in [0, 0.05) is 13.1 Å². The van der Waals surface area contributed by atoms with E-state index in [2.05, 4.69) is 35.6 Å². The summed E-state index contributed by atoms with van der Waals surface area (Å²) < 4.78 is 5.59. The third-order valence-electron chi connectivity index (χ3n) is 5.11. The lowest BCUT2D eigenvalue weighted by molar-refractivity contribution is 0.0284. The number of nitrogens with one attached hydrogen (secondary N) is 1. The lowest BCUT2D eigenvalue weighted by Crippen LogP contribution is -2.36. The van der Waals surface area contributed by atoms with Crippen LogP contribution in [0.15, 0.2) is 30.3 Å². The molecule has 2 fully saturated rings. The maximum Gasteiger partial charge on any atom is 0.410 e. The van der Waals surface area contributed by atoms with Crippen LogP contribution in [0.2, 0.25) is 0 Å². The molecule has 1 N–H and O–H groups in total. The molecule has 4 heteroatoms. The van der Waals surface area contributed by atoms with Crippen LogP contribution in [0.5, 0.6) is 0 Å². The number of amides is 1. The van der Waals surface area contributed by atoms with Gasteiger partial charge in [-0.05, 0) is 76.4 Å². The minimum Gasteiger partial charge on any atom is -0.444 e. The van der Waals surface area contributed by atoms with Crippen molar-refractivity contribution in [2.75, 3.05) is 26.2 Å². The molecule has 3 rings (SSSR count). The van der Waals surface area contributed by atoms with Crippen molar-refractivity contribution in [2.24, 2.45) is 17.8 Å². The van der Waals surface area contributed by atoms with E-state index in [1.54, 1.807) is 0 Å². The first-order valence-corrected chi connectivity index (χ1v) is 9.63. The molecule has 2 aliphatic rings. The molecule has 1 saturated heterocycles. The Morgan fingerprint density at radius 2 is 1.80 bits per heavy atom. The molecule has 138 valence electrons. The van der Waals surface area contributed by atoms with Gasteiger partial charge >= 0.3 is 6.09 Å². The van der Waals surface area contributed by atoms with Crippen molar-refractivity contribution < 1.29 is 9.53 Å². The summed E-state index contributed by atoms with van der Waals surface area (Å²) in [5.74, 6) is 1.86. The molecule has 1 amide bonds. The van der Waals surface area contributed by atoms with Crippen LogP contribution < -0.4 is 5.32 Å². The van der Waals surface area contributed by atoms with E-state index in [0.717, 1.165) is 38.5 Å². The summed E-state index contributed by atoms with van der Waals surface area (Å²) in [5, 5.41) is 3.63. The molecule has 0 bridgehead atoms. The average molecular weight is 344 g/mol. The topological polar surface area (TPSA) is 41.6 Å². The van der Waals surface area contributed by atoms with Gasteiger partial charge in [-0.25, -0.2) is 4.79 Å². The van der Waals surface area contributed by atoms with E-state index in [0.29, 0.717) is 11.8 Å². The quantitative estimate of drug-likeness (QED) is 0.855. The van der Waals surface area contributed by atoms with Gasteiger partial charge in [0.1, 0.15) is 5.60 Å². The Morgan fingerprint density at radius 3 is 2.44 bits per heavy atom. The zero-order valence-corrected chi connectivity index (χ0v) is 15.8. The Kier molecular flexibility index (Phi) is 5.67. The van der Waals surface area contributed by atoms with Crippen LogP contribution >= 0.6 is 0 Å². The number of ether oxygens (including phenoxy) is 1. The number of likely N-dealkylation sites (tertiary alicyclic amines) is 1. The minimum absolute atomic E-state index is 0.171. The molecule has 4 nitrogen and oxygen atoms in total. The number of benzene rings is 1. The van der Waals surface area contributed by atoms with Crippen LogP contribution in [-0.2, 0) is 11.2 Å². The first-order chi connectivity index (χ1) is 11.9. The lowest BCUT2D eigenvalue weighted by Gasteiger charge is -2.24. The fraction of sp³-hybridized carbons (Fsp3) is 0.667. The molecule has 2 atom stereocenters. The summed E-state index contributed by atoms with van der Waals surface area (Å²) in [7, 11) is 0. The molecule has 1 aromatic carbocycles. The van der Waals surface area contributed by atoms with Gasteiger partial charge in [0.2, 0.25) is 0 Å². The largest absolute Gasteiger partial charge is 0.444 e. The van der Waals surface area contributed by atoms with E-state index in [4.69, 9.17) is 4.74 Å². The molecule has 25 heavy (non-hydrogen) atoms. The van der Waals surface area contributed by atoms with Crippen molar-refractivity contribution in [3.63, 3.8) is 0 Å². The zero-order chi connectivity index (χ0) is 17.9. The Bertz CT molecular complexity index is 563. The van der Waals surface area contributed by atoms with E-state index in [-0.39, 0.29) is 6.09 Å². The van der Waals surface area contributed by atoms with Crippen LogP contribution in [0.25, 0.3) is 0 Å². The van der Waals surface area contributed by atoms with Crippen LogP contribution in [-0.4, -0.2) is 42.8 Å². The van der Waals surface area contributed by atoms with Crippen molar-refractivity contribution >= 4 is 6.09 Å².